The first-order chi connectivity index (χ1) is 9.49. The number of hydrogen-bond acceptors (Lipinski definition) is 4. The Morgan fingerprint density at radius 3 is 2.70 bits per heavy atom. The molecule has 0 aliphatic rings. The van der Waals surface area contributed by atoms with Crippen LogP contribution >= 0.6 is 0 Å². The number of aliphatic hydroxyl groups is 1. The number of rotatable bonds is 9. The van der Waals surface area contributed by atoms with Crippen LogP contribution in [-0.2, 0) is 11.2 Å². The molecule has 5 nitrogen and oxygen atoms in total. The maximum absolute atomic E-state index is 10.6. The molecular weight excluding hydrogens is 258 g/mol. The molecule has 1 atom stereocenters. The van der Waals surface area contributed by atoms with Crippen LogP contribution in [0.4, 0.5) is 0 Å². The number of benzene rings is 1. The van der Waals surface area contributed by atoms with Crippen LogP contribution in [0, 0.1) is 0 Å². The number of aliphatic hydroxyl groups excluding tert-OH is 1. The fraction of sp³-hybridized carbons (Fsp3) is 0.533. The number of aliphatic carboxylic acids is 1. The van der Waals surface area contributed by atoms with Gasteiger partial charge in [0.25, 0.3) is 0 Å². The number of carboxylic acids is 1. The van der Waals surface area contributed by atoms with E-state index in [1.165, 1.54) is 0 Å². The number of carboxylic acid groups (broad SMARTS) is 1. The predicted octanol–water partition coefficient (Wildman–Crippen LogP) is 1.44. The maximum Gasteiger partial charge on any atom is 0.303 e. The van der Waals surface area contributed by atoms with E-state index in [1.807, 2.05) is 32.0 Å². The molecule has 5 heteroatoms. The molecule has 0 amide bonds. The normalized spacial score (nSPS) is 12.4. The maximum atomic E-state index is 10.6. The van der Waals surface area contributed by atoms with Gasteiger partial charge in [-0.05, 0) is 18.1 Å². The van der Waals surface area contributed by atoms with E-state index in [1.54, 1.807) is 6.07 Å². The van der Waals surface area contributed by atoms with Crippen molar-refractivity contribution in [3.05, 3.63) is 29.8 Å². The third kappa shape index (κ3) is 6.54. The van der Waals surface area contributed by atoms with E-state index in [0.29, 0.717) is 24.8 Å². The van der Waals surface area contributed by atoms with Crippen molar-refractivity contribution in [3.8, 4) is 5.75 Å². The van der Waals surface area contributed by atoms with Gasteiger partial charge in [0.1, 0.15) is 18.5 Å². The van der Waals surface area contributed by atoms with Crippen LogP contribution < -0.4 is 10.1 Å². The Labute approximate surface area is 119 Å². The van der Waals surface area contributed by atoms with Gasteiger partial charge in [0.2, 0.25) is 0 Å². The van der Waals surface area contributed by atoms with Crippen LogP contribution in [-0.4, -0.2) is 41.5 Å². The smallest absolute Gasteiger partial charge is 0.303 e. The lowest BCUT2D eigenvalue weighted by Gasteiger charge is -2.16. The van der Waals surface area contributed by atoms with Crippen molar-refractivity contribution < 1.29 is 19.7 Å². The Balaban J connectivity index is 2.48. The van der Waals surface area contributed by atoms with Crippen molar-refractivity contribution in [2.24, 2.45) is 0 Å². The quantitative estimate of drug-likeness (QED) is 0.638. The van der Waals surface area contributed by atoms with E-state index in [-0.39, 0.29) is 13.0 Å². The largest absolute Gasteiger partial charge is 0.491 e. The minimum Gasteiger partial charge on any atom is -0.491 e. The highest BCUT2D eigenvalue weighted by molar-refractivity contribution is 5.67. The lowest BCUT2D eigenvalue weighted by atomic mass is 10.1. The number of ether oxygens (including phenoxy) is 1. The first kappa shape index (κ1) is 16.5. The first-order valence-electron chi connectivity index (χ1n) is 6.83. The highest BCUT2D eigenvalue weighted by Gasteiger charge is 2.09. The molecule has 0 aromatic heterocycles. The second kappa shape index (κ2) is 8.55. The predicted molar refractivity (Wildman–Crippen MR) is 77.0 cm³/mol. The number of aryl methyl sites for hydroxylation is 1. The van der Waals surface area contributed by atoms with Crippen molar-refractivity contribution in [1.29, 1.82) is 0 Å². The second-order valence-electron chi connectivity index (χ2n) is 5.03. The zero-order valence-corrected chi connectivity index (χ0v) is 12.0. The van der Waals surface area contributed by atoms with Gasteiger partial charge >= 0.3 is 5.97 Å². The van der Waals surface area contributed by atoms with Crippen molar-refractivity contribution in [1.82, 2.24) is 5.32 Å². The minimum atomic E-state index is -0.832. The summed E-state index contributed by atoms with van der Waals surface area (Å²) in [6, 6.07) is 7.63. The number of nitrogens with one attached hydrogen (secondary N) is 1. The molecule has 1 aromatic carbocycles. The SMILES string of the molecule is CC(C)NC[C@H](O)COc1ccccc1CCC(=O)O. The van der Waals surface area contributed by atoms with Crippen molar-refractivity contribution in [2.75, 3.05) is 13.2 Å². The molecule has 3 N–H and O–H groups in total. The third-order valence-corrected chi connectivity index (χ3v) is 2.77. The summed E-state index contributed by atoms with van der Waals surface area (Å²) in [5, 5.41) is 21.6. The molecule has 0 radical (unpaired) electrons. The summed E-state index contributed by atoms with van der Waals surface area (Å²) in [6.07, 6.45) is -0.103. The van der Waals surface area contributed by atoms with E-state index in [0.717, 1.165) is 5.56 Å². The molecule has 0 spiro atoms. The number of hydrogen-bond donors (Lipinski definition) is 3. The van der Waals surface area contributed by atoms with Gasteiger partial charge in [-0.15, -0.1) is 0 Å². The van der Waals surface area contributed by atoms with Crippen LogP contribution in [0.25, 0.3) is 0 Å². The Hall–Kier alpha value is -1.59. The monoisotopic (exact) mass is 281 g/mol. The Morgan fingerprint density at radius 2 is 2.05 bits per heavy atom. The van der Waals surface area contributed by atoms with Gasteiger partial charge in [-0.25, -0.2) is 0 Å². The van der Waals surface area contributed by atoms with E-state index >= 15 is 0 Å². The fourth-order valence-electron chi connectivity index (χ4n) is 1.71. The molecule has 0 saturated heterocycles. The lowest BCUT2D eigenvalue weighted by Crippen LogP contribution is -2.35. The molecule has 112 valence electrons. The van der Waals surface area contributed by atoms with E-state index < -0.39 is 12.1 Å². The van der Waals surface area contributed by atoms with Gasteiger partial charge in [0.05, 0.1) is 0 Å². The highest BCUT2D eigenvalue weighted by Crippen LogP contribution is 2.19. The summed E-state index contributed by atoms with van der Waals surface area (Å²) < 4.78 is 5.58. The number of carbonyl (C=O) groups is 1. The Bertz CT molecular complexity index is 420. The molecule has 0 bridgehead atoms. The topological polar surface area (TPSA) is 78.8 Å². The van der Waals surface area contributed by atoms with E-state index in [2.05, 4.69) is 5.32 Å². The van der Waals surface area contributed by atoms with Gasteiger partial charge in [-0.1, -0.05) is 32.0 Å². The zero-order valence-electron chi connectivity index (χ0n) is 12.0. The summed E-state index contributed by atoms with van der Waals surface area (Å²) in [4.78, 5) is 10.6. The molecule has 0 aliphatic carbocycles. The highest BCUT2D eigenvalue weighted by atomic mass is 16.5. The molecule has 0 aliphatic heterocycles. The molecule has 0 unspecified atom stereocenters. The average Bonchev–Trinajstić information content (AvgIpc) is 2.41. The summed E-state index contributed by atoms with van der Waals surface area (Å²) in [7, 11) is 0. The molecule has 0 heterocycles. The number of para-hydroxylation sites is 1. The first-order valence-corrected chi connectivity index (χ1v) is 6.83. The molecular formula is C15H23NO4. The second-order valence-corrected chi connectivity index (χ2v) is 5.03. The van der Waals surface area contributed by atoms with Gasteiger partial charge < -0.3 is 20.3 Å². The van der Waals surface area contributed by atoms with Gasteiger partial charge in [0.15, 0.2) is 0 Å². The summed E-state index contributed by atoms with van der Waals surface area (Å²) >= 11 is 0. The van der Waals surface area contributed by atoms with Crippen molar-refractivity contribution >= 4 is 5.97 Å². The van der Waals surface area contributed by atoms with Crippen LogP contribution in [0.15, 0.2) is 24.3 Å². The molecule has 0 fully saturated rings. The van der Waals surface area contributed by atoms with Crippen LogP contribution in [0.1, 0.15) is 25.8 Å². The molecule has 1 rings (SSSR count). The van der Waals surface area contributed by atoms with E-state index in [9.17, 15) is 9.90 Å². The Kier molecular flexibility index (Phi) is 7.04. The van der Waals surface area contributed by atoms with Gasteiger partial charge in [-0.2, -0.15) is 0 Å². The Morgan fingerprint density at radius 1 is 1.35 bits per heavy atom. The van der Waals surface area contributed by atoms with Crippen molar-refractivity contribution in [2.45, 2.75) is 38.8 Å². The fourth-order valence-corrected chi connectivity index (χ4v) is 1.71. The molecule has 20 heavy (non-hydrogen) atoms. The summed E-state index contributed by atoms with van der Waals surface area (Å²) in [6.45, 7) is 4.67. The lowest BCUT2D eigenvalue weighted by molar-refractivity contribution is -0.136. The zero-order chi connectivity index (χ0) is 15.0. The van der Waals surface area contributed by atoms with Crippen LogP contribution in [0.2, 0.25) is 0 Å². The summed E-state index contributed by atoms with van der Waals surface area (Å²) in [5.41, 5.74) is 0.846. The van der Waals surface area contributed by atoms with Crippen LogP contribution in [0.5, 0.6) is 5.75 Å². The van der Waals surface area contributed by atoms with E-state index in [4.69, 9.17) is 9.84 Å². The van der Waals surface area contributed by atoms with Crippen LogP contribution in [0.3, 0.4) is 0 Å². The third-order valence-electron chi connectivity index (χ3n) is 2.77. The summed E-state index contributed by atoms with van der Waals surface area (Å²) in [5.74, 6) is -0.196. The average molecular weight is 281 g/mol. The molecule has 0 saturated carbocycles. The van der Waals surface area contributed by atoms with Crippen molar-refractivity contribution in [3.63, 3.8) is 0 Å². The minimum absolute atomic E-state index is 0.0673. The van der Waals surface area contributed by atoms with Gasteiger partial charge in [0, 0.05) is 19.0 Å². The molecule has 1 aromatic rings. The van der Waals surface area contributed by atoms with Gasteiger partial charge in [-0.3, -0.25) is 4.79 Å². The standard InChI is InChI=1S/C15H23NO4/c1-11(2)16-9-13(17)10-20-14-6-4-3-5-12(14)7-8-15(18)19/h3-6,11,13,16-17H,7-10H2,1-2H3,(H,18,19)/t13-/m0/s1.